The number of benzene rings is 2. The van der Waals surface area contributed by atoms with Gasteiger partial charge in [0.15, 0.2) is 0 Å². The highest BCUT2D eigenvalue weighted by molar-refractivity contribution is 6.18. The normalized spacial score (nSPS) is 11.2. The van der Waals surface area contributed by atoms with E-state index in [-0.39, 0.29) is 11.5 Å². The van der Waals surface area contributed by atoms with Crippen LogP contribution < -0.4 is 10.3 Å². The highest BCUT2D eigenvalue weighted by Crippen LogP contribution is 2.17. The number of carbonyl (C=O) groups is 1. The Balaban J connectivity index is 1.89. The quantitative estimate of drug-likeness (QED) is 0.582. The van der Waals surface area contributed by atoms with Crippen LogP contribution in [0.3, 0.4) is 0 Å². The van der Waals surface area contributed by atoms with Gasteiger partial charge in [-0.1, -0.05) is 48.5 Å². The predicted molar refractivity (Wildman–Crippen MR) is 116 cm³/mol. The fourth-order valence-corrected chi connectivity index (χ4v) is 2.96. The number of carbonyl (C=O) groups excluding carboxylic acids is 1. The Kier molecular flexibility index (Phi) is 6.63. The molecular formula is C24H24N2O3. The third kappa shape index (κ3) is 5.23. The van der Waals surface area contributed by atoms with Gasteiger partial charge in [0, 0.05) is 25.9 Å². The number of ether oxygens (including phenoxy) is 1. The molecule has 3 aromatic rings. The van der Waals surface area contributed by atoms with E-state index in [2.05, 4.69) is 0 Å². The number of likely N-dealkylation sites (N-methyl/N-ethyl adjacent to an activating group) is 1. The summed E-state index contributed by atoms with van der Waals surface area (Å²) in [5, 5.41) is 0. The van der Waals surface area contributed by atoms with Gasteiger partial charge >= 0.3 is 0 Å². The van der Waals surface area contributed by atoms with Crippen molar-refractivity contribution in [2.45, 2.75) is 6.42 Å². The maximum absolute atomic E-state index is 13.2. The van der Waals surface area contributed by atoms with Crippen LogP contribution in [0.4, 0.5) is 0 Å². The van der Waals surface area contributed by atoms with Crippen molar-refractivity contribution in [3.8, 4) is 5.75 Å². The molecule has 2 aromatic carbocycles. The van der Waals surface area contributed by atoms with E-state index >= 15 is 0 Å². The van der Waals surface area contributed by atoms with Crippen molar-refractivity contribution in [2.24, 2.45) is 0 Å². The molecule has 0 fully saturated rings. The molecule has 29 heavy (non-hydrogen) atoms. The van der Waals surface area contributed by atoms with Gasteiger partial charge in [0.25, 0.3) is 11.5 Å². The Morgan fingerprint density at radius 3 is 2.34 bits per heavy atom. The second-order valence-corrected chi connectivity index (χ2v) is 6.67. The Labute approximate surface area is 170 Å². The van der Waals surface area contributed by atoms with Crippen molar-refractivity contribution >= 4 is 17.7 Å². The molecule has 0 aliphatic carbocycles. The van der Waals surface area contributed by atoms with Gasteiger partial charge in [-0.3, -0.25) is 14.2 Å². The zero-order valence-electron chi connectivity index (χ0n) is 16.6. The summed E-state index contributed by atoms with van der Waals surface area (Å²) in [6, 6.07) is 22.2. The fourth-order valence-electron chi connectivity index (χ4n) is 2.96. The van der Waals surface area contributed by atoms with Crippen molar-refractivity contribution in [2.75, 3.05) is 20.7 Å². The number of nitrogens with zero attached hydrogens (tertiary/aromatic N) is 2. The Morgan fingerprint density at radius 1 is 1.00 bits per heavy atom. The number of pyridine rings is 1. The molecule has 148 valence electrons. The smallest absolute Gasteiger partial charge is 0.270 e. The molecular weight excluding hydrogens is 364 g/mol. The number of hydrogen-bond acceptors (Lipinski definition) is 3. The second kappa shape index (κ2) is 9.55. The van der Waals surface area contributed by atoms with Crippen LogP contribution in [0.1, 0.15) is 11.1 Å². The number of hydrogen-bond donors (Lipinski definition) is 0. The second-order valence-electron chi connectivity index (χ2n) is 6.67. The van der Waals surface area contributed by atoms with Crippen LogP contribution in [0.15, 0.2) is 83.8 Å². The first kappa shape index (κ1) is 20.1. The molecule has 5 nitrogen and oxygen atoms in total. The van der Waals surface area contributed by atoms with Gasteiger partial charge in [-0.05, 0) is 41.8 Å². The highest BCUT2D eigenvalue weighted by atomic mass is 16.5. The summed E-state index contributed by atoms with van der Waals surface area (Å²) in [6.45, 7) is 0.546. The minimum Gasteiger partial charge on any atom is -0.497 e. The van der Waals surface area contributed by atoms with E-state index in [1.54, 1.807) is 43.5 Å². The summed E-state index contributed by atoms with van der Waals surface area (Å²) in [5.41, 5.74) is 2.01. The lowest BCUT2D eigenvalue weighted by atomic mass is 10.1. The summed E-state index contributed by atoms with van der Waals surface area (Å²) in [7, 11) is 3.35. The lowest BCUT2D eigenvalue weighted by molar-refractivity contribution is -0.124. The van der Waals surface area contributed by atoms with Gasteiger partial charge in [0.1, 0.15) is 11.4 Å². The van der Waals surface area contributed by atoms with Crippen molar-refractivity contribution in [3.63, 3.8) is 0 Å². The van der Waals surface area contributed by atoms with Gasteiger partial charge in [-0.25, -0.2) is 0 Å². The largest absolute Gasteiger partial charge is 0.497 e. The number of aromatic nitrogens is 1. The van der Waals surface area contributed by atoms with Gasteiger partial charge in [0.2, 0.25) is 0 Å². The highest BCUT2D eigenvalue weighted by Gasteiger charge is 2.17. The number of rotatable bonds is 7. The van der Waals surface area contributed by atoms with Gasteiger partial charge in [-0.15, -0.1) is 0 Å². The van der Waals surface area contributed by atoms with E-state index in [0.29, 0.717) is 12.2 Å². The van der Waals surface area contributed by atoms with Gasteiger partial charge in [-0.2, -0.15) is 0 Å². The first-order chi connectivity index (χ1) is 14.1. The lowest BCUT2D eigenvalue weighted by Crippen LogP contribution is -2.33. The molecule has 0 saturated carbocycles. The van der Waals surface area contributed by atoms with Crippen LogP contribution in [-0.4, -0.2) is 36.1 Å². The van der Waals surface area contributed by atoms with Crippen molar-refractivity contribution in [1.82, 2.24) is 9.47 Å². The average molecular weight is 388 g/mol. The Bertz CT molecular complexity index is 1040. The monoisotopic (exact) mass is 388 g/mol. The summed E-state index contributed by atoms with van der Waals surface area (Å²) in [5.74, 6) is 0.511. The van der Waals surface area contributed by atoms with E-state index in [1.807, 2.05) is 54.6 Å². The molecule has 0 saturated heterocycles. The molecule has 0 spiro atoms. The first-order valence-electron chi connectivity index (χ1n) is 9.41. The molecule has 1 aromatic heterocycles. The van der Waals surface area contributed by atoms with Crippen LogP contribution in [0.25, 0.3) is 11.8 Å². The van der Waals surface area contributed by atoms with Crippen LogP contribution in [0.5, 0.6) is 5.75 Å². The molecule has 3 rings (SSSR count). The maximum atomic E-state index is 13.2. The number of amides is 1. The van der Waals surface area contributed by atoms with Crippen molar-refractivity contribution in [3.05, 3.63) is 100 Å². The molecule has 0 aliphatic rings. The zero-order valence-corrected chi connectivity index (χ0v) is 16.6. The molecule has 5 heteroatoms. The van der Waals surface area contributed by atoms with Crippen molar-refractivity contribution in [1.29, 1.82) is 0 Å². The van der Waals surface area contributed by atoms with Crippen LogP contribution >= 0.6 is 0 Å². The molecule has 0 unspecified atom stereocenters. The lowest BCUT2D eigenvalue weighted by Gasteiger charge is -2.20. The van der Waals surface area contributed by atoms with E-state index < -0.39 is 0 Å². The summed E-state index contributed by atoms with van der Waals surface area (Å²) in [4.78, 5) is 27.2. The van der Waals surface area contributed by atoms with E-state index in [1.165, 1.54) is 10.6 Å². The van der Waals surface area contributed by atoms with Crippen LogP contribution in [-0.2, 0) is 11.2 Å². The maximum Gasteiger partial charge on any atom is 0.270 e. The fraction of sp³-hybridized carbons (Fsp3) is 0.167. The predicted octanol–water partition coefficient (Wildman–Crippen LogP) is 3.56. The standard InChI is InChI=1S/C24H24N2O3/c1-25(17-15-19-8-4-3-5-9-19)24(28)22(26-16-7-6-10-23(26)27)18-20-11-13-21(29-2)14-12-20/h3-14,16,18H,15,17H2,1-2H3. The van der Waals surface area contributed by atoms with Crippen LogP contribution in [0.2, 0.25) is 0 Å². The van der Waals surface area contributed by atoms with E-state index in [9.17, 15) is 9.59 Å². The third-order valence-electron chi connectivity index (χ3n) is 4.65. The first-order valence-corrected chi connectivity index (χ1v) is 9.41. The molecule has 1 amide bonds. The Morgan fingerprint density at radius 2 is 1.69 bits per heavy atom. The average Bonchev–Trinajstić information content (AvgIpc) is 2.77. The topological polar surface area (TPSA) is 51.5 Å². The van der Waals surface area contributed by atoms with Crippen molar-refractivity contribution < 1.29 is 9.53 Å². The molecule has 0 radical (unpaired) electrons. The minimum absolute atomic E-state index is 0.218. The molecule has 1 heterocycles. The SMILES string of the molecule is COc1ccc(C=C(C(=O)N(C)CCc2ccccc2)n2ccccc2=O)cc1. The molecule has 0 aliphatic heterocycles. The van der Waals surface area contributed by atoms with E-state index in [4.69, 9.17) is 4.74 Å². The third-order valence-corrected chi connectivity index (χ3v) is 4.65. The summed E-state index contributed by atoms with van der Waals surface area (Å²) < 4.78 is 6.57. The van der Waals surface area contributed by atoms with E-state index in [0.717, 1.165) is 23.3 Å². The summed E-state index contributed by atoms with van der Waals surface area (Å²) >= 11 is 0. The molecule has 0 atom stereocenters. The van der Waals surface area contributed by atoms with Gasteiger partial charge < -0.3 is 9.64 Å². The summed E-state index contributed by atoms with van der Waals surface area (Å²) in [6.07, 6.45) is 4.07. The minimum atomic E-state index is -0.253. The van der Waals surface area contributed by atoms with Gasteiger partial charge in [0.05, 0.1) is 7.11 Å². The van der Waals surface area contributed by atoms with Crippen LogP contribution in [0, 0.1) is 0 Å². The molecule has 0 N–H and O–H groups in total. The zero-order chi connectivity index (χ0) is 20.6. The molecule has 0 bridgehead atoms. The Hall–Kier alpha value is -3.60. The number of methoxy groups -OCH3 is 1.